The van der Waals surface area contributed by atoms with Crippen molar-refractivity contribution in [2.45, 2.75) is 31.2 Å². The largest absolute Gasteiger partial charge is 0.490 e. The summed E-state index contributed by atoms with van der Waals surface area (Å²) in [6.45, 7) is 1.88. The van der Waals surface area contributed by atoms with Crippen LogP contribution in [0.25, 0.3) is 0 Å². The number of carboxylic acid groups (broad SMARTS) is 1. The number of rotatable bonds is 6. The van der Waals surface area contributed by atoms with E-state index in [2.05, 4.69) is 5.32 Å². The average molecular weight is 564 g/mol. The number of alkyl halides is 3. The topological polar surface area (TPSA) is 133 Å². The van der Waals surface area contributed by atoms with Crippen molar-refractivity contribution in [2.75, 3.05) is 20.7 Å². The van der Waals surface area contributed by atoms with Crippen LogP contribution in [0, 0.1) is 11.8 Å². The molecule has 40 heavy (non-hydrogen) atoms. The fourth-order valence-electron chi connectivity index (χ4n) is 4.99. The van der Waals surface area contributed by atoms with Gasteiger partial charge >= 0.3 is 18.1 Å². The molecule has 0 bridgehead atoms. The standard InChI is InChI=1S/C25H27N3O5.C2HF3O2/c1-25(24(32)33-3)20-19(22(30)28(23(20)31)14-16-10-6-4-7-11-16)18(26-25)15-27(2)21(29)17-12-8-5-9-13-17;3-2(4,5)1(6)7/h4-13,18-20,26H,14-15H2,1-3H3;(H,6,7)/t18-,19+,20-,25-;/m1./s1. The smallest absolute Gasteiger partial charge is 0.475 e. The van der Waals surface area contributed by atoms with Gasteiger partial charge in [0.1, 0.15) is 5.54 Å². The summed E-state index contributed by atoms with van der Waals surface area (Å²) in [5.74, 6) is -6.03. The number of fused-ring (bicyclic) bond motifs is 1. The number of aliphatic carboxylic acids is 1. The van der Waals surface area contributed by atoms with E-state index in [1.807, 2.05) is 36.4 Å². The molecular weight excluding hydrogens is 535 g/mol. The molecule has 2 aliphatic rings. The predicted molar refractivity (Wildman–Crippen MR) is 133 cm³/mol. The average Bonchev–Trinajstić information content (AvgIpc) is 3.36. The van der Waals surface area contributed by atoms with Gasteiger partial charge in [-0.3, -0.25) is 29.4 Å². The summed E-state index contributed by atoms with van der Waals surface area (Å²) in [4.78, 5) is 64.1. The van der Waals surface area contributed by atoms with Crippen molar-refractivity contribution in [3.8, 4) is 0 Å². The van der Waals surface area contributed by atoms with Gasteiger partial charge in [-0.15, -0.1) is 0 Å². The molecule has 0 spiro atoms. The summed E-state index contributed by atoms with van der Waals surface area (Å²) in [6.07, 6.45) is -5.08. The Morgan fingerprint density at radius 1 is 1.02 bits per heavy atom. The first-order valence-corrected chi connectivity index (χ1v) is 12.1. The summed E-state index contributed by atoms with van der Waals surface area (Å²) < 4.78 is 36.7. The number of esters is 1. The van der Waals surface area contributed by atoms with Gasteiger partial charge in [-0.2, -0.15) is 13.2 Å². The monoisotopic (exact) mass is 563 g/mol. The Morgan fingerprint density at radius 2 is 1.55 bits per heavy atom. The Kier molecular flexibility index (Phi) is 8.98. The zero-order valence-electron chi connectivity index (χ0n) is 21.8. The lowest BCUT2D eigenvalue weighted by atomic mass is 9.81. The molecular formula is C27H28F3N3O7. The van der Waals surface area contributed by atoms with E-state index in [0.29, 0.717) is 5.56 Å². The number of hydrogen-bond donors (Lipinski definition) is 2. The highest BCUT2D eigenvalue weighted by molar-refractivity contribution is 6.09. The number of benzene rings is 2. The zero-order valence-corrected chi connectivity index (χ0v) is 21.8. The molecule has 0 saturated carbocycles. The predicted octanol–water partition coefficient (Wildman–Crippen LogP) is 2.10. The zero-order chi connectivity index (χ0) is 29.8. The van der Waals surface area contributed by atoms with E-state index in [1.54, 1.807) is 38.2 Å². The van der Waals surface area contributed by atoms with E-state index < -0.39 is 47.4 Å². The lowest BCUT2D eigenvalue weighted by molar-refractivity contribution is -0.192. The Labute approximate surface area is 227 Å². The number of ether oxygens (including phenoxy) is 1. The SMILES string of the molecule is COC(=O)[C@]1(C)N[C@H](CN(C)C(=O)c2ccccc2)[C@@H]2C(=O)N(Cc3ccccc3)C(=O)[C@@H]21.O=C(O)C(F)(F)F. The van der Waals surface area contributed by atoms with Crippen LogP contribution in [0.15, 0.2) is 60.7 Å². The highest BCUT2D eigenvalue weighted by Crippen LogP contribution is 2.44. The summed E-state index contributed by atoms with van der Waals surface area (Å²) >= 11 is 0. The van der Waals surface area contributed by atoms with Crippen molar-refractivity contribution in [1.29, 1.82) is 0 Å². The molecule has 3 amide bonds. The van der Waals surface area contributed by atoms with E-state index in [4.69, 9.17) is 14.6 Å². The summed E-state index contributed by atoms with van der Waals surface area (Å²) in [5, 5.41) is 10.3. The second kappa shape index (κ2) is 11.9. The van der Waals surface area contributed by atoms with Gasteiger partial charge in [-0.25, -0.2) is 4.79 Å². The van der Waals surface area contributed by atoms with Crippen LogP contribution >= 0.6 is 0 Å². The summed E-state index contributed by atoms with van der Waals surface area (Å²) in [6, 6.07) is 17.5. The fraction of sp³-hybridized carbons (Fsp3) is 0.370. The number of halogens is 3. The van der Waals surface area contributed by atoms with Gasteiger partial charge in [-0.05, 0) is 24.6 Å². The van der Waals surface area contributed by atoms with E-state index in [0.717, 1.165) is 5.56 Å². The third-order valence-corrected chi connectivity index (χ3v) is 6.86. The number of likely N-dealkylation sites (tertiary alicyclic amines) is 1. The molecule has 4 rings (SSSR count). The van der Waals surface area contributed by atoms with Crippen LogP contribution in [-0.4, -0.2) is 83.0 Å². The first-order valence-electron chi connectivity index (χ1n) is 12.1. The maximum absolute atomic E-state index is 13.4. The molecule has 2 aromatic carbocycles. The number of nitrogens with zero attached hydrogens (tertiary/aromatic N) is 2. The first-order chi connectivity index (χ1) is 18.7. The molecule has 0 aliphatic carbocycles. The van der Waals surface area contributed by atoms with Crippen LogP contribution in [0.4, 0.5) is 13.2 Å². The molecule has 2 saturated heterocycles. The van der Waals surface area contributed by atoms with Crippen LogP contribution in [0.1, 0.15) is 22.8 Å². The van der Waals surface area contributed by atoms with E-state index >= 15 is 0 Å². The van der Waals surface area contributed by atoms with Gasteiger partial charge in [0.2, 0.25) is 11.8 Å². The third-order valence-electron chi connectivity index (χ3n) is 6.86. The number of likely N-dealkylation sites (N-methyl/N-ethyl adjacent to an activating group) is 1. The van der Waals surface area contributed by atoms with Crippen molar-refractivity contribution in [3.05, 3.63) is 71.8 Å². The maximum atomic E-state index is 13.4. The molecule has 2 N–H and O–H groups in total. The minimum Gasteiger partial charge on any atom is -0.475 e. The molecule has 2 heterocycles. The number of carbonyl (C=O) groups excluding carboxylic acids is 4. The molecule has 10 nitrogen and oxygen atoms in total. The third kappa shape index (κ3) is 6.14. The highest BCUT2D eigenvalue weighted by atomic mass is 19.4. The highest BCUT2D eigenvalue weighted by Gasteiger charge is 2.66. The molecule has 4 atom stereocenters. The van der Waals surface area contributed by atoms with Crippen LogP contribution in [-0.2, 0) is 30.5 Å². The van der Waals surface area contributed by atoms with Crippen LogP contribution in [0.5, 0.6) is 0 Å². The van der Waals surface area contributed by atoms with E-state index in [1.165, 1.54) is 16.9 Å². The van der Waals surface area contributed by atoms with Crippen molar-refractivity contribution in [2.24, 2.45) is 11.8 Å². The Balaban J connectivity index is 0.000000559. The van der Waals surface area contributed by atoms with Gasteiger partial charge < -0.3 is 14.7 Å². The fourth-order valence-corrected chi connectivity index (χ4v) is 4.99. The second-order valence-corrected chi connectivity index (χ2v) is 9.55. The number of nitrogens with one attached hydrogen (secondary N) is 1. The molecule has 0 aromatic heterocycles. The van der Waals surface area contributed by atoms with Gasteiger partial charge in [0.15, 0.2) is 0 Å². The van der Waals surface area contributed by atoms with Crippen molar-refractivity contribution < 1.29 is 47.0 Å². The first kappa shape index (κ1) is 30.3. The maximum Gasteiger partial charge on any atom is 0.490 e. The van der Waals surface area contributed by atoms with Crippen molar-refractivity contribution in [1.82, 2.24) is 15.1 Å². The lowest BCUT2D eigenvalue weighted by Gasteiger charge is -2.30. The molecule has 0 radical (unpaired) electrons. The second-order valence-electron chi connectivity index (χ2n) is 9.55. The molecule has 2 fully saturated rings. The van der Waals surface area contributed by atoms with Crippen molar-refractivity contribution >= 4 is 29.7 Å². The Hall–Kier alpha value is -4.26. The van der Waals surface area contributed by atoms with E-state index in [-0.39, 0.29) is 24.9 Å². The van der Waals surface area contributed by atoms with Crippen LogP contribution in [0.3, 0.4) is 0 Å². The number of carbonyl (C=O) groups is 5. The number of hydrogen-bond acceptors (Lipinski definition) is 7. The van der Waals surface area contributed by atoms with Gasteiger partial charge in [0.25, 0.3) is 5.91 Å². The van der Waals surface area contributed by atoms with Gasteiger partial charge in [0, 0.05) is 25.2 Å². The minimum absolute atomic E-state index is 0.133. The lowest BCUT2D eigenvalue weighted by Crippen LogP contribution is -2.56. The van der Waals surface area contributed by atoms with E-state index in [9.17, 15) is 32.3 Å². The Bertz CT molecular complexity index is 1270. The molecule has 2 aromatic rings. The van der Waals surface area contributed by atoms with Gasteiger partial charge in [0.05, 0.1) is 25.5 Å². The van der Waals surface area contributed by atoms with Crippen LogP contribution < -0.4 is 5.32 Å². The Morgan fingerprint density at radius 3 is 2.05 bits per heavy atom. The molecule has 2 aliphatic heterocycles. The molecule has 0 unspecified atom stereocenters. The van der Waals surface area contributed by atoms with Gasteiger partial charge in [-0.1, -0.05) is 48.5 Å². The quantitative estimate of drug-likeness (QED) is 0.403. The van der Waals surface area contributed by atoms with Crippen molar-refractivity contribution in [3.63, 3.8) is 0 Å². The summed E-state index contributed by atoms with van der Waals surface area (Å²) in [7, 11) is 2.90. The normalized spacial score (nSPS) is 23.6. The van der Waals surface area contributed by atoms with Crippen LogP contribution in [0.2, 0.25) is 0 Å². The number of carboxylic acids is 1. The number of imide groups is 1. The molecule has 214 valence electrons. The molecule has 13 heteroatoms. The number of amides is 3. The number of methoxy groups -OCH3 is 1. The minimum atomic E-state index is -5.08. The summed E-state index contributed by atoms with van der Waals surface area (Å²) in [5.41, 5.74) is -0.0385.